The average molecular weight is 311 g/mol. The number of hydrogen-bond acceptors (Lipinski definition) is 3. The van der Waals surface area contributed by atoms with Crippen LogP contribution in [-0.4, -0.2) is 4.98 Å². The first-order valence-electron chi connectivity index (χ1n) is 5.39. The van der Waals surface area contributed by atoms with E-state index in [9.17, 15) is 4.39 Å². The molecule has 5 heteroatoms. The Bertz CT molecular complexity index is 575. The summed E-state index contributed by atoms with van der Waals surface area (Å²) in [5.74, 6) is 0.625. The van der Waals surface area contributed by atoms with E-state index in [1.807, 2.05) is 13.0 Å². The van der Waals surface area contributed by atoms with Crippen LogP contribution < -0.4 is 10.5 Å². The molecular weight excluding hydrogens is 299 g/mol. The summed E-state index contributed by atoms with van der Waals surface area (Å²) >= 11 is 3.25. The normalized spacial score (nSPS) is 10.4. The van der Waals surface area contributed by atoms with Crippen LogP contribution >= 0.6 is 15.9 Å². The summed E-state index contributed by atoms with van der Waals surface area (Å²) in [6, 6.07) is 6.09. The molecule has 0 saturated carbocycles. The zero-order valence-electron chi connectivity index (χ0n) is 9.78. The van der Waals surface area contributed by atoms with Crippen molar-refractivity contribution in [1.82, 2.24) is 4.98 Å². The number of nitrogens with zero attached hydrogens (tertiary/aromatic N) is 1. The van der Waals surface area contributed by atoms with Gasteiger partial charge in [-0.15, -0.1) is 0 Å². The van der Waals surface area contributed by atoms with Crippen LogP contribution in [0.25, 0.3) is 0 Å². The molecule has 0 saturated heterocycles. The first kappa shape index (κ1) is 13.0. The minimum Gasteiger partial charge on any atom is -0.437 e. The molecular formula is C13H12BrFN2O. The number of benzene rings is 1. The standard InChI is InChI=1S/C13H12BrFN2O/c1-8-4-5-17-13(10(8)7-16)18-12-3-2-9(15)6-11(12)14/h2-6H,7,16H2,1H3. The lowest BCUT2D eigenvalue weighted by molar-refractivity contribution is 0.451. The van der Waals surface area contributed by atoms with Crippen molar-refractivity contribution in [3.63, 3.8) is 0 Å². The summed E-state index contributed by atoms with van der Waals surface area (Å²) in [6.07, 6.45) is 1.65. The van der Waals surface area contributed by atoms with Crippen molar-refractivity contribution < 1.29 is 9.13 Å². The molecule has 1 heterocycles. The molecule has 0 bridgehead atoms. The molecule has 2 N–H and O–H groups in total. The van der Waals surface area contributed by atoms with E-state index in [1.54, 1.807) is 12.3 Å². The van der Waals surface area contributed by atoms with Crippen LogP contribution in [0.3, 0.4) is 0 Å². The van der Waals surface area contributed by atoms with Gasteiger partial charge in [-0.05, 0) is 52.7 Å². The van der Waals surface area contributed by atoms with Crippen molar-refractivity contribution in [3.8, 4) is 11.6 Å². The molecule has 0 fully saturated rings. The highest BCUT2D eigenvalue weighted by Gasteiger charge is 2.10. The molecule has 0 aliphatic carbocycles. The molecule has 0 spiro atoms. The SMILES string of the molecule is Cc1ccnc(Oc2ccc(F)cc2Br)c1CN. The molecule has 0 radical (unpaired) electrons. The summed E-state index contributed by atoms with van der Waals surface area (Å²) in [5.41, 5.74) is 7.53. The van der Waals surface area contributed by atoms with Gasteiger partial charge in [0.25, 0.3) is 0 Å². The maximum absolute atomic E-state index is 13.0. The van der Waals surface area contributed by atoms with E-state index in [4.69, 9.17) is 10.5 Å². The Morgan fingerprint density at radius 2 is 2.17 bits per heavy atom. The molecule has 1 aromatic carbocycles. The Kier molecular flexibility index (Phi) is 3.93. The minimum absolute atomic E-state index is 0.328. The Balaban J connectivity index is 2.37. The number of aryl methyl sites for hydroxylation is 1. The van der Waals surface area contributed by atoms with Gasteiger partial charge in [-0.25, -0.2) is 9.37 Å². The summed E-state index contributed by atoms with van der Waals surface area (Å²) in [6.45, 7) is 2.28. The van der Waals surface area contributed by atoms with Gasteiger partial charge in [0.15, 0.2) is 0 Å². The van der Waals surface area contributed by atoms with Crippen molar-refractivity contribution in [2.45, 2.75) is 13.5 Å². The third kappa shape index (κ3) is 2.68. The molecule has 1 aromatic heterocycles. The maximum atomic E-state index is 13.0. The van der Waals surface area contributed by atoms with Crippen molar-refractivity contribution in [3.05, 3.63) is 51.9 Å². The van der Waals surface area contributed by atoms with Crippen molar-refractivity contribution in [1.29, 1.82) is 0 Å². The Labute approximate surface area is 113 Å². The fourth-order valence-corrected chi connectivity index (χ4v) is 1.99. The molecule has 0 amide bonds. The van der Waals surface area contributed by atoms with Crippen LogP contribution in [0, 0.1) is 12.7 Å². The van der Waals surface area contributed by atoms with Gasteiger partial charge in [-0.2, -0.15) is 0 Å². The molecule has 2 aromatic rings. The molecule has 94 valence electrons. The number of pyridine rings is 1. The fourth-order valence-electron chi connectivity index (χ4n) is 1.56. The van der Waals surface area contributed by atoms with E-state index in [0.29, 0.717) is 22.6 Å². The first-order chi connectivity index (χ1) is 8.61. The second kappa shape index (κ2) is 5.46. The fraction of sp³-hybridized carbons (Fsp3) is 0.154. The predicted molar refractivity (Wildman–Crippen MR) is 71.0 cm³/mol. The van der Waals surface area contributed by atoms with Gasteiger partial charge in [0.05, 0.1) is 4.47 Å². The molecule has 18 heavy (non-hydrogen) atoms. The third-order valence-electron chi connectivity index (χ3n) is 2.56. The number of aromatic nitrogens is 1. The molecule has 0 aliphatic rings. The van der Waals surface area contributed by atoms with Gasteiger partial charge < -0.3 is 10.5 Å². The zero-order chi connectivity index (χ0) is 13.1. The largest absolute Gasteiger partial charge is 0.437 e. The number of ether oxygens (including phenoxy) is 1. The minimum atomic E-state index is -0.328. The lowest BCUT2D eigenvalue weighted by atomic mass is 10.1. The van der Waals surface area contributed by atoms with Gasteiger partial charge in [-0.1, -0.05) is 0 Å². The van der Waals surface area contributed by atoms with Crippen LogP contribution in [0.5, 0.6) is 11.6 Å². The van der Waals surface area contributed by atoms with Crippen LogP contribution in [0.4, 0.5) is 4.39 Å². The highest BCUT2D eigenvalue weighted by Crippen LogP contribution is 2.31. The zero-order valence-corrected chi connectivity index (χ0v) is 11.4. The van der Waals surface area contributed by atoms with E-state index in [2.05, 4.69) is 20.9 Å². The van der Waals surface area contributed by atoms with E-state index < -0.39 is 0 Å². The molecule has 0 atom stereocenters. The summed E-state index contributed by atoms with van der Waals surface area (Å²) in [5, 5.41) is 0. The topological polar surface area (TPSA) is 48.1 Å². The van der Waals surface area contributed by atoms with Crippen molar-refractivity contribution >= 4 is 15.9 Å². The monoisotopic (exact) mass is 310 g/mol. The van der Waals surface area contributed by atoms with E-state index in [-0.39, 0.29) is 5.82 Å². The second-order valence-corrected chi connectivity index (χ2v) is 4.65. The smallest absolute Gasteiger partial charge is 0.224 e. The number of hydrogen-bond donors (Lipinski definition) is 1. The van der Waals surface area contributed by atoms with E-state index >= 15 is 0 Å². The predicted octanol–water partition coefficient (Wildman–Crippen LogP) is 3.54. The van der Waals surface area contributed by atoms with Crippen molar-refractivity contribution in [2.24, 2.45) is 5.73 Å². The number of nitrogens with two attached hydrogens (primary N) is 1. The maximum Gasteiger partial charge on any atom is 0.224 e. The van der Waals surface area contributed by atoms with Crippen LogP contribution in [0.2, 0.25) is 0 Å². The van der Waals surface area contributed by atoms with Crippen LogP contribution in [0.15, 0.2) is 34.9 Å². The molecule has 0 aliphatic heterocycles. The second-order valence-electron chi connectivity index (χ2n) is 3.79. The highest BCUT2D eigenvalue weighted by atomic mass is 79.9. The number of rotatable bonds is 3. The van der Waals surface area contributed by atoms with E-state index in [0.717, 1.165) is 11.1 Å². The van der Waals surface area contributed by atoms with Gasteiger partial charge in [0.1, 0.15) is 11.6 Å². The Hall–Kier alpha value is -1.46. The van der Waals surface area contributed by atoms with Crippen LogP contribution in [-0.2, 0) is 6.54 Å². The van der Waals surface area contributed by atoms with Gasteiger partial charge in [0.2, 0.25) is 5.88 Å². The van der Waals surface area contributed by atoms with Gasteiger partial charge in [-0.3, -0.25) is 0 Å². The Morgan fingerprint density at radius 3 is 2.83 bits per heavy atom. The van der Waals surface area contributed by atoms with Gasteiger partial charge in [0, 0.05) is 18.3 Å². The van der Waals surface area contributed by atoms with Gasteiger partial charge >= 0.3 is 0 Å². The van der Waals surface area contributed by atoms with Crippen molar-refractivity contribution in [2.75, 3.05) is 0 Å². The first-order valence-corrected chi connectivity index (χ1v) is 6.18. The molecule has 0 unspecified atom stereocenters. The quantitative estimate of drug-likeness (QED) is 0.943. The third-order valence-corrected chi connectivity index (χ3v) is 3.17. The lowest BCUT2D eigenvalue weighted by Crippen LogP contribution is -2.03. The molecule has 3 nitrogen and oxygen atoms in total. The van der Waals surface area contributed by atoms with E-state index in [1.165, 1.54) is 12.1 Å². The highest BCUT2D eigenvalue weighted by molar-refractivity contribution is 9.10. The summed E-state index contributed by atoms with van der Waals surface area (Å²) in [4.78, 5) is 4.15. The number of halogens is 2. The summed E-state index contributed by atoms with van der Waals surface area (Å²) < 4.78 is 19.2. The lowest BCUT2D eigenvalue weighted by Gasteiger charge is -2.11. The van der Waals surface area contributed by atoms with Crippen LogP contribution in [0.1, 0.15) is 11.1 Å². The Morgan fingerprint density at radius 1 is 1.39 bits per heavy atom. The molecule has 2 rings (SSSR count). The summed E-state index contributed by atoms with van der Waals surface area (Å²) in [7, 11) is 0. The average Bonchev–Trinajstić information content (AvgIpc) is 2.33.